The highest BCUT2D eigenvalue weighted by molar-refractivity contribution is 6.32. The molecule has 1 aliphatic heterocycles. The number of carbonyl (C=O) groups excluding carboxylic acids is 1. The van der Waals surface area contributed by atoms with E-state index in [1.165, 1.54) is 18.2 Å². The van der Waals surface area contributed by atoms with Gasteiger partial charge in [0.2, 0.25) is 5.90 Å². The fourth-order valence-corrected chi connectivity index (χ4v) is 3.62. The zero-order valence-electron chi connectivity index (χ0n) is 18.1. The molecule has 0 atom stereocenters. The Kier molecular flexibility index (Phi) is 6.75. The van der Waals surface area contributed by atoms with Crippen LogP contribution in [0.5, 0.6) is 11.5 Å². The average molecular weight is 466 g/mol. The van der Waals surface area contributed by atoms with E-state index in [0.29, 0.717) is 35.3 Å². The number of carbonyl (C=O) groups is 1. The summed E-state index contributed by atoms with van der Waals surface area (Å²) < 4.78 is 30.9. The molecule has 0 aromatic heterocycles. The summed E-state index contributed by atoms with van der Waals surface area (Å²) in [6.07, 6.45) is 1.51. The smallest absolute Gasteiger partial charge is 0.363 e. The lowest BCUT2D eigenvalue weighted by atomic mass is 10.1. The van der Waals surface area contributed by atoms with Crippen molar-refractivity contribution < 1.29 is 23.4 Å². The topological polar surface area (TPSA) is 57.1 Å². The molecule has 0 N–H and O–H groups in total. The number of rotatable bonds is 7. The molecule has 0 saturated heterocycles. The zero-order chi connectivity index (χ0) is 23.4. The minimum Gasteiger partial charge on any atom is -0.490 e. The Bertz CT molecular complexity index is 1270. The molecule has 3 aromatic carbocycles. The van der Waals surface area contributed by atoms with Gasteiger partial charge in [0.05, 0.1) is 17.2 Å². The van der Waals surface area contributed by atoms with Crippen molar-refractivity contribution in [3.05, 3.63) is 99.5 Å². The summed E-state index contributed by atoms with van der Waals surface area (Å²) in [4.78, 5) is 16.5. The number of esters is 1. The minimum absolute atomic E-state index is 0.0280. The monoisotopic (exact) mass is 465 g/mol. The second kappa shape index (κ2) is 9.88. The lowest BCUT2D eigenvalue weighted by molar-refractivity contribution is -0.129. The molecule has 0 amide bonds. The number of halogens is 2. The average Bonchev–Trinajstić information content (AvgIpc) is 3.13. The first-order valence-electron chi connectivity index (χ1n) is 10.4. The Morgan fingerprint density at radius 3 is 2.67 bits per heavy atom. The van der Waals surface area contributed by atoms with E-state index in [0.717, 1.165) is 11.1 Å². The van der Waals surface area contributed by atoms with E-state index in [9.17, 15) is 9.18 Å². The van der Waals surface area contributed by atoms with E-state index >= 15 is 0 Å². The van der Waals surface area contributed by atoms with Crippen LogP contribution in [0.2, 0.25) is 5.02 Å². The number of nitrogens with zero attached hydrogens (tertiary/aromatic N) is 1. The number of ether oxygens (including phenoxy) is 3. The van der Waals surface area contributed by atoms with E-state index in [2.05, 4.69) is 4.99 Å². The van der Waals surface area contributed by atoms with Crippen molar-refractivity contribution in [2.45, 2.75) is 20.5 Å². The Balaban J connectivity index is 1.62. The zero-order valence-corrected chi connectivity index (χ0v) is 18.9. The number of cyclic esters (lactones) is 1. The predicted molar refractivity (Wildman–Crippen MR) is 125 cm³/mol. The first-order valence-corrected chi connectivity index (χ1v) is 10.7. The lowest BCUT2D eigenvalue weighted by Crippen LogP contribution is -2.07. The first kappa shape index (κ1) is 22.6. The molecule has 0 fully saturated rings. The van der Waals surface area contributed by atoms with Crippen molar-refractivity contribution in [3.63, 3.8) is 0 Å². The van der Waals surface area contributed by atoms with Crippen LogP contribution in [0.3, 0.4) is 0 Å². The van der Waals surface area contributed by atoms with Crippen molar-refractivity contribution in [3.8, 4) is 11.5 Å². The minimum atomic E-state index is -0.679. The number of hydrogen-bond acceptors (Lipinski definition) is 5. The summed E-state index contributed by atoms with van der Waals surface area (Å²) in [5.74, 6) is -0.441. The maximum absolute atomic E-state index is 14.0. The van der Waals surface area contributed by atoms with Gasteiger partial charge in [-0.2, -0.15) is 0 Å². The van der Waals surface area contributed by atoms with Gasteiger partial charge in [-0.25, -0.2) is 14.2 Å². The van der Waals surface area contributed by atoms with E-state index < -0.39 is 11.8 Å². The van der Waals surface area contributed by atoms with E-state index in [4.69, 9.17) is 25.8 Å². The Labute approximate surface area is 196 Å². The van der Waals surface area contributed by atoms with Crippen molar-refractivity contribution in [1.29, 1.82) is 0 Å². The van der Waals surface area contributed by atoms with Crippen LogP contribution in [0.1, 0.15) is 29.2 Å². The van der Waals surface area contributed by atoms with Crippen molar-refractivity contribution in [2.75, 3.05) is 6.61 Å². The normalized spacial score (nSPS) is 14.2. The molecule has 7 heteroatoms. The van der Waals surface area contributed by atoms with Crippen LogP contribution < -0.4 is 9.47 Å². The van der Waals surface area contributed by atoms with Gasteiger partial charge in [0, 0.05) is 0 Å². The third kappa shape index (κ3) is 5.23. The van der Waals surface area contributed by atoms with Gasteiger partial charge in [-0.15, -0.1) is 0 Å². The first-order chi connectivity index (χ1) is 15.9. The summed E-state index contributed by atoms with van der Waals surface area (Å²) in [7, 11) is 0. The lowest BCUT2D eigenvalue weighted by Gasteiger charge is -2.15. The van der Waals surface area contributed by atoms with Gasteiger partial charge in [-0.1, -0.05) is 53.6 Å². The van der Waals surface area contributed by atoms with Crippen LogP contribution >= 0.6 is 11.6 Å². The summed E-state index contributed by atoms with van der Waals surface area (Å²) in [5, 5.41) is 0.324. The maximum Gasteiger partial charge on any atom is 0.363 e. The summed E-state index contributed by atoms with van der Waals surface area (Å²) in [6, 6.07) is 17.3. The number of benzene rings is 3. The molecule has 0 spiro atoms. The van der Waals surface area contributed by atoms with Crippen molar-refractivity contribution in [2.24, 2.45) is 4.99 Å². The second-order valence-electron chi connectivity index (χ2n) is 7.36. The molecule has 168 valence electrons. The summed E-state index contributed by atoms with van der Waals surface area (Å²) in [5.41, 5.74) is 2.84. The van der Waals surface area contributed by atoms with Gasteiger partial charge < -0.3 is 14.2 Å². The largest absolute Gasteiger partial charge is 0.490 e. The molecule has 0 saturated carbocycles. The highest BCUT2D eigenvalue weighted by Crippen LogP contribution is 2.38. The van der Waals surface area contributed by atoms with Crippen LogP contribution in [0.4, 0.5) is 4.39 Å². The Morgan fingerprint density at radius 1 is 1.09 bits per heavy atom. The highest BCUT2D eigenvalue weighted by atomic mass is 35.5. The SMILES string of the molecule is CCOc1cc(C=C2N=C(c3ccccc3F)OC2=O)cc(Cl)c1OCc1cccc(C)c1. The van der Waals surface area contributed by atoms with E-state index in [-0.39, 0.29) is 17.2 Å². The van der Waals surface area contributed by atoms with Crippen LogP contribution in [-0.4, -0.2) is 18.5 Å². The van der Waals surface area contributed by atoms with Gasteiger partial charge in [-0.05, 0) is 55.3 Å². The van der Waals surface area contributed by atoms with Crippen LogP contribution in [0, 0.1) is 12.7 Å². The standard InChI is InChI=1S/C26H21ClFNO4/c1-3-31-23-14-18(12-20(27)24(23)32-15-17-8-6-7-16(2)11-17)13-22-26(30)33-25(29-22)19-9-4-5-10-21(19)28/h4-14H,3,15H2,1-2H3. The molecule has 0 aliphatic carbocycles. The molecular weight excluding hydrogens is 445 g/mol. The second-order valence-corrected chi connectivity index (χ2v) is 7.76. The van der Waals surface area contributed by atoms with Gasteiger partial charge in [0.25, 0.3) is 0 Å². The molecule has 1 heterocycles. The van der Waals surface area contributed by atoms with Crippen LogP contribution in [-0.2, 0) is 16.1 Å². The van der Waals surface area contributed by atoms with Gasteiger partial charge in [-0.3, -0.25) is 0 Å². The summed E-state index contributed by atoms with van der Waals surface area (Å²) >= 11 is 6.50. The Hall–Kier alpha value is -3.64. The predicted octanol–water partition coefficient (Wildman–Crippen LogP) is 6.11. The third-order valence-electron chi connectivity index (χ3n) is 4.83. The Morgan fingerprint density at radius 2 is 1.91 bits per heavy atom. The fraction of sp³-hybridized carbons (Fsp3) is 0.154. The van der Waals surface area contributed by atoms with Crippen LogP contribution in [0.25, 0.3) is 6.08 Å². The molecule has 0 bridgehead atoms. The molecule has 5 nitrogen and oxygen atoms in total. The van der Waals surface area contributed by atoms with Crippen LogP contribution in [0.15, 0.2) is 71.4 Å². The van der Waals surface area contributed by atoms with Gasteiger partial charge in [0.15, 0.2) is 17.2 Å². The highest BCUT2D eigenvalue weighted by Gasteiger charge is 2.26. The molecule has 0 radical (unpaired) electrons. The number of hydrogen-bond donors (Lipinski definition) is 0. The molecular formula is C26H21ClFNO4. The fourth-order valence-electron chi connectivity index (χ4n) is 3.35. The summed E-state index contributed by atoms with van der Waals surface area (Å²) in [6.45, 7) is 4.58. The molecule has 1 aliphatic rings. The van der Waals surface area contributed by atoms with Crippen molar-refractivity contribution >= 4 is 29.5 Å². The van der Waals surface area contributed by atoms with E-state index in [1.54, 1.807) is 24.3 Å². The molecule has 33 heavy (non-hydrogen) atoms. The molecule has 0 unspecified atom stereocenters. The van der Waals surface area contributed by atoms with Crippen molar-refractivity contribution in [1.82, 2.24) is 0 Å². The maximum atomic E-state index is 14.0. The quantitative estimate of drug-likeness (QED) is 0.312. The molecule has 4 rings (SSSR count). The third-order valence-corrected chi connectivity index (χ3v) is 5.11. The molecule has 3 aromatic rings. The van der Waals surface area contributed by atoms with Gasteiger partial charge >= 0.3 is 5.97 Å². The number of aliphatic imine (C=N–C) groups is 1. The van der Waals surface area contributed by atoms with E-state index in [1.807, 2.05) is 38.1 Å². The number of aryl methyl sites for hydroxylation is 1. The van der Waals surface area contributed by atoms with Gasteiger partial charge in [0.1, 0.15) is 12.4 Å².